The fourth-order valence-corrected chi connectivity index (χ4v) is 6.49. The van der Waals surface area contributed by atoms with Gasteiger partial charge in [0.05, 0.1) is 17.9 Å². The predicted molar refractivity (Wildman–Crippen MR) is 114 cm³/mol. The number of hydrogen-bond donors (Lipinski definition) is 1. The van der Waals surface area contributed by atoms with Crippen molar-refractivity contribution in [3.8, 4) is 5.75 Å². The zero-order chi connectivity index (χ0) is 21.0. The van der Waals surface area contributed by atoms with E-state index in [1.807, 2.05) is 0 Å². The van der Waals surface area contributed by atoms with E-state index in [2.05, 4.69) is 29.4 Å². The van der Waals surface area contributed by atoms with Crippen molar-refractivity contribution in [1.82, 2.24) is 14.5 Å². The van der Waals surface area contributed by atoms with Gasteiger partial charge in [0.1, 0.15) is 5.75 Å². The monoisotopic (exact) mass is 456 g/mol. The van der Waals surface area contributed by atoms with Crippen LogP contribution >= 0.6 is 23.1 Å². The summed E-state index contributed by atoms with van der Waals surface area (Å²) >= 11 is 2.91. The minimum Gasteiger partial charge on any atom is -0.497 e. The topological polar surface area (TPSA) is 101 Å². The van der Waals surface area contributed by atoms with Gasteiger partial charge >= 0.3 is 0 Å². The highest BCUT2D eigenvalue weighted by Crippen LogP contribution is 2.30. The summed E-state index contributed by atoms with van der Waals surface area (Å²) in [6.07, 6.45) is 1.25. The Bertz CT molecular complexity index is 944. The van der Waals surface area contributed by atoms with E-state index < -0.39 is 15.9 Å². The second-order valence-corrected chi connectivity index (χ2v) is 11.6. The summed E-state index contributed by atoms with van der Waals surface area (Å²) in [5.41, 5.74) is 0. The van der Waals surface area contributed by atoms with Gasteiger partial charge in [-0.2, -0.15) is 4.31 Å². The van der Waals surface area contributed by atoms with Crippen LogP contribution < -0.4 is 10.1 Å². The number of aromatic nitrogens is 2. The van der Waals surface area contributed by atoms with Crippen molar-refractivity contribution in [1.29, 1.82) is 0 Å². The second kappa shape index (κ2) is 9.41. The molecule has 1 N–H and O–H groups in total. The van der Waals surface area contributed by atoms with Gasteiger partial charge in [0.15, 0.2) is 4.34 Å². The van der Waals surface area contributed by atoms with E-state index in [0.29, 0.717) is 35.5 Å². The fraction of sp³-hybridized carbons (Fsp3) is 0.500. The van der Waals surface area contributed by atoms with Crippen LogP contribution in [-0.4, -0.2) is 54.3 Å². The first-order chi connectivity index (χ1) is 13.8. The number of anilines is 1. The van der Waals surface area contributed by atoms with Crippen LogP contribution in [-0.2, 0) is 14.8 Å². The molecule has 1 saturated heterocycles. The van der Waals surface area contributed by atoms with E-state index in [4.69, 9.17) is 4.74 Å². The molecule has 158 valence electrons. The van der Waals surface area contributed by atoms with E-state index in [1.165, 1.54) is 34.9 Å². The Morgan fingerprint density at radius 1 is 1.31 bits per heavy atom. The number of methoxy groups -OCH3 is 1. The van der Waals surface area contributed by atoms with Crippen molar-refractivity contribution in [3.05, 3.63) is 24.3 Å². The number of carbonyl (C=O) groups excluding carboxylic acids is 1. The molecule has 0 unspecified atom stereocenters. The number of ether oxygens (including phenoxy) is 1. The molecule has 1 aliphatic heterocycles. The first-order valence-corrected chi connectivity index (χ1v) is 12.4. The summed E-state index contributed by atoms with van der Waals surface area (Å²) in [7, 11) is -2.14. The van der Waals surface area contributed by atoms with Crippen molar-refractivity contribution < 1.29 is 17.9 Å². The van der Waals surface area contributed by atoms with Crippen molar-refractivity contribution >= 4 is 44.2 Å². The van der Waals surface area contributed by atoms with Crippen molar-refractivity contribution in [2.45, 2.75) is 41.2 Å². The largest absolute Gasteiger partial charge is 0.497 e. The van der Waals surface area contributed by atoms with Gasteiger partial charge in [-0.15, -0.1) is 10.2 Å². The number of rotatable bonds is 7. The number of thioether (sulfide) groups is 1. The van der Waals surface area contributed by atoms with E-state index >= 15 is 0 Å². The molecule has 1 aliphatic rings. The smallest absolute Gasteiger partial charge is 0.243 e. The van der Waals surface area contributed by atoms with Gasteiger partial charge in [0, 0.05) is 18.3 Å². The van der Waals surface area contributed by atoms with Gasteiger partial charge in [0.25, 0.3) is 0 Å². The lowest BCUT2D eigenvalue weighted by molar-refractivity contribution is -0.120. The highest BCUT2D eigenvalue weighted by atomic mass is 32.2. The van der Waals surface area contributed by atoms with Crippen LogP contribution in [0.25, 0.3) is 0 Å². The molecule has 0 saturated carbocycles. The van der Waals surface area contributed by atoms with Crippen LogP contribution in [0.4, 0.5) is 5.13 Å². The quantitative estimate of drug-likeness (QED) is 0.505. The van der Waals surface area contributed by atoms with E-state index in [1.54, 1.807) is 23.9 Å². The molecule has 1 aromatic carbocycles. The predicted octanol–water partition coefficient (Wildman–Crippen LogP) is 3.09. The molecule has 3 rings (SSSR count). The Hall–Kier alpha value is -1.69. The highest BCUT2D eigenvalue weighted by Gasteiger charge is 2.33. The number of amides is 1. The molecule has 0 aliphatic carbocycles. The summed E-state index contributed by atoms with van der Waals surface area (Å²) in [6.45, 7) is 4.66. The normalized spacial score (nSPS) is 18.0. The molecule has 1 amide bonds. The third-order valence-electron chi connectivity index (χ3n) is 4.43. The molecular formula is C18H24N4O4S3. The second-order valence-electron chi connectivity index (χ2n) is 6.91. The van der Waals surface area contributed by atoms with Gasteiger partial charge in [-0.25, -0.2) is 8.42 Å². The summed E-state index contributed by atoms with van der Waals surface area (Å²) in [4.78, 5) is 12.9. The SMILES string of the molecule is COc1ccc(S(=O)(=O)N2CCC[C@H](C(=O)Nc3nnc(SC(C)C)s3)C2)cc1. The number of carbonyl (C=O) groups is 1. The Kier molecular flexibility index (Phi) is 7.14. The lowest BCUT2D eigenvalue weighted by Gasteiger charge is -2.31. The van der Waals surface area contributed by atoms with Gasteiger partial charge < -0.3 is 10.1 Å². The molecule has 1 fully saturated rings. The van der Waals surface area contributed by atoms with Crippen LogP contribution in [0, 0.1) is 5.92 Å². The minimum absolute atomic E-state index is 0.145. The number of benzene rings is 1. The molecule has 2 heterocycles. The van der Waals surface area contributed by atoms with E-state index in [0.717, 1.165) is 4.34 Å². The third-order valence-corrected chi connectivity index (χ3v) is 8.23. The molecule has 0 bridgehead atoms. The third kappa shape index (κ3) is 5.47. The Labute approximate surface area is 179 Å². The summed E-state index contributed by atoms with van der Waals surface area (Å²) in [5, 5.41) is 11.7. The van der Waals surface area contributed by atoms with Crippen molar-refractivity contribution in [2.24, 2.45) is 5.92 Å². The van der Waals surface area contributed by atoms with Crippen LogP contribution in [0.15, 0.2) is 33.5 Å². The maximum Gasteiger partial charge on any atom is 0.243 e. The fourth-order valence-electron chi connectivity index (χ4n) is 2.99. The van der Waals surface area contributed by atoms with Crippen LogP contribution in [0.1, 0.15) is 26.7 Å². The molecule has 1 aromatic heterocycles. The van der Waals surface area contributed by atoms with Gasteiger partial charge in [-0.3, -0.25) is 4.79 Å². The number of nitrogens with one attached hydrogen (secondary N) is 1. The van der Waals surface area contributed by atoms with Gasteiger partial charge in [0.2, 0.25) is 21.1 Å². The van der Waals surface area contributed by atoms with E-state index in [-0.39, 0.29) is 17.3 Å². The lowest BCUT2D eigenvalue weighted by Crippen LogP contribution is -2.43. The van der Waals surface area contributed by atoms with E-state index in [9.17, 15) is 13.2 Å². The molecule has 1 atom stereocenters. The molecule has 0 spiro atoms. The molecule has 0 radical (unpaired) electrons. The number of nitrogens with zero attached hydrogens (tertiary/aromatic N) is 3. The van der Waals surface area contributed by atoms with Crippen LogP contribution in [0.2, 0.25) is 0 Å². The summed E-state index contributed by atoms with van der Waals surface area (Å²) in [5.74, 6) is -0.0642. The van der Waals surface area contributed by atoms with Crippen LogP contribution in [0.3, 0.4) is 0 Å². The Balaban J connectivity index is 1.66. The van der Waals surface area contributed by atoms with Gasteiger partial charge in [-0.1, -0.05) is 36.9 Å². The summed E-state index contributed by atoms with van der Waals surface area (Å²) in [6, 6.07) is 6.27. The Morgan fingerprint density at radius 3 is 2.69 bits per heavy atom. The maximum atomic E-state index is 12.9. The lowest BCUT2D eigenvalue weighted by atomic mass is 9.99. The first-order valence-electron chi connectivity index (χ1n) is 9.25. The standard InChI is InChI=1S/C18H24N4O4S3/c1-12(2)27-18-21-20-17(28-18)19-16(23)13-5-4-10-22(11-13)29(24,25)15-8-6-14(26-3)7-9-15/h6-9,12-13H,4-5,10-11H2,1-3H3,(H,19,20,23)/t13-/m0/s1. The number of sulfonamides is 1. The first kappa shape index (κ1) is 22.0. The molecule has 11 heteroatoms. The van der Waals surface area contributed by atoms with Gasteiger partial charge in [-0.05, 0) is 37.1 Å². The van der Waals surface area contributed by atoms with Crippen molar-refractivity contribution in [2.75, 3.05) is 25.5 Å². The molecule has 8 nitrogen and oxygen atoms in total. The number of piperidine rings is 1. The molecule has 2 aromatic rings. The minimum atomic E-state index is -3.67. The van der Waals surface area contributed by atoms with Crippen LogP contribution in [0.5, 0.6) is 5.75 Å². The average Bonchev–Trinajstić information content (AvgIpc) is 3.14. The zero-order valence-corrected chi connectivity index (χ0v) is 18.9. The molecular weight excluding hydrogens is 432 g/mol. The highest BCUT2D eigenvalue weighted by molar-refractivity contribution is 8.01. The average molecular weight is 457 g/mol. The summed E-state index contributed by atoms with van der Waals surface area (Å²) < 4.78 is 33.2. The Morgan fingerprint density at radius 2 is 2.03 bits per heavy atom. The zero-order valence-electron chi connectivity index (χ0n) is 16.5. The molecule has 29 heavy (non-hydrogen) atoms. The number of hydrogen-bond acceptors (Lipinski definition) is 8. The van der Waals surface area contributed by atoms with Crippen molar-refractivity contribution in [3.63, 3.8) is 0 Å². The maximum absolute atomic E-state index is 12.9.